The first-order valence-corrected chi connectivity index (χ1v) is 12.9. The number of aliphatic carboxylic acids is 1. The SMILES string of the molecule is Cn1ncc2cc(C(=O)N[C@H](CCN3CC[C@@H](CCc4ccc5c(n4)NCCC5)C3)C(=O)O)ccc21. The number of anilines is 1. The lowest BCUT2D eigenvalue weighted by molar-refractivity contribution is -0.139. The first-order valence-electron chi connectivity index (χ1n) is 12.9. The second-order valence-corrected chi connectivity index (χ2v) is 10.0. The largest absolute Gasteiger partial charge is 0.480 e. The molecule has 2 aliphatic rings. The fourth-order valence-electron chi connectivity index (χ4n) is 5.33. The van der Waals surface area contributed by atoms with Crippen molar-refractivity contribution in [2.75, 3.05) is 31.5 Å². The third-order valence-corrected chi connectivity index (χ3v) is 7.48. The maximum atomic E-state index is 12.7. The van der Waals surface area contributed by atoms with Crippen molar-refractivity contribution in [1.29, 1.82) is 0 Å². The fourth-order valence-corrected chi connectivity index (χ4v) is 5.33. The number of fused-ring (bicyclic) bond motifs is 2. The van der Waals surface area contributed by atoms with Gasteiger partial charge >= 0.3 is 5.97 Å². The van der Waals surface area contributed by atoms with Crippen molar-refractivity contribution in [3.63, 3.8) is 0 Å². The number of likely N-dealkylation sites (tertiary alicyclic amines) is 1. The third-order valence-electron chi connectivity index (χ3n) is 7.48. The van der Waals surface area contributed by atoms with Crippen LogP contribution in [0.1, 0.15) is 47.3 Å². The second kappa shape index (κ2) is 10.7. The number of aryl methyl sites for hydroxylation is 3. The van der Waals surface area contributed by atoms with Gasteiger partial charge in [-0.25, -0.2) is 9.78 Å². The molecular weight excluding hydrogens is 456 g/mol. The van der Waals surface area contributed by atoms with E-state index in [4.69, 9.17) is 4.98 Å². The third kappa shape index (κ3) is 5.51. The lowest BCUT2D eigenvalue weighted by atomic mass is 10.00. The number of hydrogen-bond donors (Lipinski definition) is 3. The van der Waals surface area contributed by atoms with Crippen LogP contribution in [0.25, 0.3) is 10.9 Å². The average molecular weight is 491 g/mol. The van der Waals surface area contributed by atoms with E-state index >= 15 is 0 Å². The van der Waals surface area contributed by atoms with Gasteiger partial charge in [0.25, 0.3) is 5.91 Å². The van der Waals surface area contributed by atoms with E-state index in [-0.39, 0.29) is 5.91 Å². The van der Waals surface area contributed by atoms with E-state index in [9.17, 15) is 14.7 Å². The van der Waals surface area contributed by atoms with Crippen LogP contribution in [0.3, 0.4) is 0 Å². The molecule has 2 atom stereocenters. The standard InChI is InChI=1S/C27H34N6O3/c1-32-24-9-6-20(15-21(24)16-29-32)26(34)31-23(27(35)36)11-14-33-13-10-18(17-33)4-7-22-8-5-19-3-2-12-28-25(19)30-22/h5-6,8-9,15-16,18,23H,2-4,7,10-14,17H2,1H3,(H,28,30)(H,31,34)(H,35,36)/t18-,23-/m1/s1. The van der Waals surface area contributed by atoms with Crippen LogP contribution in [0, 0.1) is 5.92 Å². The van der Waals surface area contributed by atoms with Gasteiger partial charge < -0.3 is 20.6 Å². The Bertz CT molecular complexity index is 1260. The summed E-state index contributed by atoms with van der Waals surface area (Å²) in [6.45, 7) is 3.57. The summed E-state index contributed by atoms with van der Waals surface area (Å²) in [5, 5.41) is 20.9. The van der Waals surface area contributed by atoms with E-state index in [0.717, 1.165) is 67.7 Å². The number of rotatable bonds is 9. The van der Waals surface area contributed by atoms with Gasteiger partial charge in [-0.05, 0) is 80.8 Å². The fraction of sp³-hybridized carbons (Fsp3) is 0.481. The van der Waals surface area contributed by atoms with Crippen LogP contribution in [-0.2, 0) is 24.7 Å². The molecule has 0 radical (unpaired) electrons. The van der Waals surface area contributed by atoms with E-state index in [2.05, 4.69) is 32.8 Å². The molecule has 4 heterocycles. The summed E-state index contributed by atoms with van der Waals surface area (Å²) in [4.78, 5) is 31.7. The van der Waals surface area contributed by atoms with E-state index in [1.165, 1.54) is 12.0 Å². The van der Waals surface area contributed by atoms with E-state index < -0.39 is 12.0 Å². The highest BCUT2D eigenvalue weighted by Crippen LogP contribution is 2.24. The molecule has 1 saturated heterocycles. The number of amides is 1. The quantitative estimate of drug-likeness (QED) is 0.423. The summed E-state index contributed by atoms with van der Waals surface area (Å²) in [5.74, 6) is 0.252. The van der Waals surface area contributed by atoms with Gasteiger partial charge in [-0.1, -0.05) is 6.07 Å². The number of carboxylic acid groups (broad SMARTS) is 1. The predicted octanol–water partition coefficient (Wildman–Crippen LogP) is 2.85. The van der Waals surface area contributed by atoms with Crippen molar-refractivity contribution < 1.29 is 14.7 Å². The molecule has 2 aliphatic heterocycles. The first-order chi connectivity index (χ1) is 17.5. The zero-order chi connectivity index (χ0) is 25.1. The Morgan fingerprint density at radius 2 is 2.17 bits per heavy atom. The first kappa shape index (κ1) is 24.2. The molecule has 0 unspecified atom stereocenters. The smallest absolute Gasteiger partial charge is 0.326 e. The summed E-state index contributed by atoms with van der Waals surface area (Å²) in [6.07, 6.45) is 7.49. The molecule has 0 spiro atoms. The molecule has 0 bridgehead atoms. The van der Waals surface area contributed by atoms with Crippen LogP contribution in [0.2, 0.25) is 0 Å². The summed E-state index contributed by atoms with van der Waals surface area (Å²) >= 11 is 0. The minimum Gasteiger partial charge on any atom is -0.480 e. The molecule has 9 nitrogen and oxygen atoms in total. The molecule has 9 heteroatoms. The molecule has 1 amide bonds. The molecule has 1 fully saturated rings. The molecular formula is C27H34N6O3. The summed E-state index contributed by atoms with van der Waals surface area (Å²) in [7, 11) is 1.84. The van der Waals surface area contributed by atoms with Gasteiger partial charge in [0.05, 0.1) is 11.7 Å². The van der Waals surface area contributed by atoms with Crippen LogP contribution >= 0.6 is 0 Å². The summed E-state index contributed by atoms with van der Waals surface area (Å²) in [5.41, 5.74) is 3.81. The zero-order valence-electron chi connectivity index (χ0n) is 20.7. The Labute approximate surface area is 210 Å². The molecule has 1 aromatic carbocycles. The summed E-state index contributed by atoms with van der Waals surface area (Å²) < 4.78 is 1.74. The highest BCUT2D eigenvalue weighted by Gasteiger charge is 2.26. The van der Waals surface area contributed by atoms with Crippen LogP contribution < -0.4 is 10.6 Å². The number of nitrogens with zero attached hydrogens (tertiary/aromatic N) is 4. The van der Waals surface area contributed by atoms with Gasteiger partial charge in [-0.15, -0.1) is 0 Å². The molecule has 0 aliphatic carbocycles. The maximum absolute atomic E-state index is 12.7. The van der Waals surface area contributed by atoms with Crippen LogP contribution in [0.5, 0.6) is 0 Å². The molecule has 190 valence electrons. The van der Waals surface area contributed by atoms with Gasteiger partial charge in [0, 0.05) is 43.3 Å². The molecule has 5 rings (SSSR count). The highest BCUT2D eigenvalue weighted by molar-refractivity contribution is 5.99. The Morgan fingerprint density at radius 3 is 3.03 bits per heavy atom. The number of hydrogen-bond acceptors (Lipinski definition) is 6. The van der Waals surface area contributed by atoms with E-state index in [1.54, 1.807) is 23.0 Å². The molecule has 36 heavy (non-hydrogen) atoms. The van der Waals surface area contributed by atoms with Crippen molar-refractivity contribution in [3.8, 4) is 0 Å². The predicted molar refractivity (Wildman–Crippen MR) is 138 cm³/mol. The Balaban J connectivity index is 1.09. The maximum Gasteiger partial charge on any atom is 0.326 e. The monoisotopic (exact) mass is 490 g/mol. The van der Waals surface area contributed by atoms with Crippen LogP contribution in [0.4, 0.5) is 5.82 Å². The van der Waals surface area contributed by atoms with Crippen LogP contribution in [0.15, 0.2) is 36.5 Å². The van der Waals surface area contributed by atoms with Crippen molar-refractivity contribution in [2.45, 2.75) is 44.6 Å². The van der Waals surface area contributed by atoms with Crippen molar-refractivity contribution >= 4 is 28.6 Å². The van der Waals surface area contributed by atoms with Crippen molar-refractivity contribution in [3.05, 3.63) is 53.3 Å². The van der Waals surface area contributed by atoms with Gasteiger partial charge in [0.15, 0.2) is 0 Å². The number of benzene rings is 1. The lowest BCUT2D eigenvalue weighted by Crippen LogP contribution is -2.43. The van der Waals surface area contributed by atoms with Gasteiger partial charge in [0.1, 0.15) is 11.9 Å². The molecule has 0 saturated carbocycles. The highest BCUT2D eigenvalue weighted by atomic mass is 16.4. The van der Waals surface area contributed by atoms with Gasteiger partial charge in [-0.3, -0.25) is 9.48 Å². The summed E-state index contributed by atoms with van der Waals surface area (Å²) in [6, 6.07) is 8.72. The van der Waals surface area contributed by atoms with Crippen molar-refractivity contribution in [1.82, 2.24) is 25.0 Å². The van der Waals surface area contributed by atoms with E-state index in [0.29, 0.717) is 24.4 Å². The Hall–Kier alpha value is -3.46. The van der Waals surface area contributed by atoms with Gasteiger partial charge in [-0.2, -0.15) is 5.10 Å². The zero-order valence-corrected chi connectivity index (χ0v) is 20.7. The topological polar surface area (TPSA) is 112 Å². The average Bonchev–Trinajstić information content (AvgIpc) is 3.50. The number of carbonyl (C=O) groups excluding carboxylic acids is 1. The lowest BCUT2D eigenvalue weighted by Gasteiger charge is -2.20. The minimum atomic E-state index is -1.01. The van der Waals surface area contributed by atoms with Crippen LogP contribution in [-0.4, -0.2) is 68.9 Å². The number of carboxylic acids is 1. The number of nitrogens with one attached hydrogen (secondary N) is 2. The number of pyridine rings is 1. The molecule has 3 aromatic rings. The molecule has 3 N–H and O–H groups in total. The van der Waals surface area contributed by atoms with Crippen molar-refractivity contribution in [2.24, 2.45) is 13.0 Å². The minimum absolute atomic E-state index is 0.375. The Morgan fingerprint density at radius 1 is 1.28 bits per heavy atom. The second-order valence-electron chi connectivity index (χ2n) is 10.0. The Kier molecular flexibility index (Phi) is 7.18. The number of carbonyl (C=O) groups is 2. The number of aromatic nitrogens is 3. The van der Waals surface area contributed by atoms with Gasteiger partial charge in [0.2, 0.25) is 0 Å². The van der Waals surface area contributed by atoms with E-state index in [1.807, 2.05) is 13.1 Å². The normalized spacial score (nSPS) is 18.5. The molecule has 2 aromatic heterocycles.